The second-order valence-electron chi connectivity index (χ2n) is 9.08. The van der Waals surface area contributed by atoms with Gasteiger partial charge in [-0.25, -0.2) is 14.2 Å². The van der Waals surface area contributed by atoms with Gasteiger partial charge in [0, 0.05) is 24.9 Å². The van der Waals surface area contributed by atoms with Gasteiger partial charge in [-0.15, -0.1) is 0 Å². The number of pyridine rings is 1. The first-order valence-electron chi connectivity index (χ1n) is 9.66. The average Bonchev–Trinajstić information content (AvgIpc) is 2.60. The third-order valence-corrected chi connectivity index (χ3v) is 4.68. The molecule has 1 atom stereocenters. The van der Waals surface area contributed by atoms with Crippen molar-refractivity contribution in [3.05, 3.63) is 22.1 Å². The highest BCUT2D eigenvalue weighted by Crippen LogP contribution is 2.27. The minimum atomic E-state index is -0.806. The molecular formula is C17H26B3BrFN3O5. The third-order valence-electron chi connectivity index (χ3n) is 4.11. The van der Waals surface area contributed by atoms with Crippen molar-refractivity contribution in [2.45, 2.75) is 37.7 Å². The molecule has 1 aliphatic heterocycles. The first-order chi connectivity index (χ1) is 13.7. The van der Waals surface area contributed by atoms with Crippen LogP contribution in [0.2, 0.25) is 0 Å². The summed E-state index contributed by atoms with van der Waals surface area (Å²) in [7, 11) is 5.43. The number of nitrogens with zero attached hydrogens (tertiary/aromatic N) is 3. The Morgan fingerprint density at radius 3 is 2.50 bits per heavy atom. The van der Waals surface area contributed by atoms with Crippen molar-refractivity contribution in [3.8, 4) is 5.88 Å². The molecule has 2 amide bonds. The smallest absolute Gasteiger partial charge is 0.410 e. The summed E-state index contributed by atoms with van der Waals surface area (Å²) in [5.74, 6) is -1.39. The highest BCUT2D eigenvalue weighted by molar-refractivity contribution is 9.10. The van der Waals surface area contributed by atoms with E-state index >= 15 is 0 Å². The Morgan fingerprint density at radius 2 is 1.97 bits per heavy atom. The fraction of sp³-hybridized carbons (Fsp3) is 0.588. The van der Waals surface area contributed by atoms with Crippen LogP contribution in [0.4, 0.5) is 9.18 Å². The predicted octanol–water partition coefficient (Wildman–Crippen LogP) is -1.07. The van der Waals surface area contributed by atoms with Crippen LogP contribution >= 0.6 is 15.9 Å². The maximum atomic E-state index is 14.5. The van der Waals surface area contributed by atoms with Crippen LogP contribution in [-0.2, 0) is 4.74 Å². The van der Waals surface area contributed by atoms with Gasteiger partial charge in [-0.05, 0) is 42.8 Å². The lowest BCUT2D eigenvalue weighted by molar-refractivity contribution is -0.00272. The molecule has 0 bridgehead atoms. The van der Waals surface area contributed by atoms with Crippen LogP contribution in [0.5, 0.6) is 5.88 Å². The van der Waals surface area contributed by atoms with Gasteiger partial charge in [0.25, 0.3) is 5.91 Å². The Balaban J connectivity index is 2.23. The van der Waals surface area contributed by atoms with Crippen LogP contribution < -0.4 is 4.74 Å². The van der Waals surface area contributed by atoms with Gasteiger partial charge in [0.05, 0.1) is 17.1 Å². The van der Waals surface area contributed by atoms with Crippen LogP contribution in [0.15, 0.2) is 10.5 Å². The Morgan fingerprint density at radius 1 is 1.33 bits per heavy atom. The van der Waals surface area contributed by atoms with Gasteiger partial charge in [-0.3, -0.25) is 4.79 Å². The van der Waals surface area contributed by atoms with Crippen LogP contribution in [0.1, 0.15) is 31.3 Å². The predicted molar refractivity (Wildman–Crippen MR) is 121 cm³/mol. The largest absolute Gasteiger partial charge is 0.498 e. The number of carbonyl (C=O) groups excluding carboxylic acids is 2. The second kappa shape index (κ2) is 9.17. The number of piperazine rings is 1. The number of aliphatic hydroxyl groups excluding tert-OH is 1. The number of aliphatic hydroxyl groups is 1. The minimum absolute atomic E-state index is 0.0701. The van der Waals surface area contributed by atoms with E-state index in [2.05, 4.69) is 20.9 Å². The van der Waals surface area contributed by atoms with Crippen LogP contribution in [0, 0.1) is 5.82 Å². The molecule has 2 heterocycles. The lowest BCUT2D eigenvalue weighted by Crippen LogP contribution is -2.58. The number of hydrogen-bond acceptors (Lipinski definition) is 6. The molecule has 162 valence electrons. The van der Waals surface area contributed by atoms with Crippen molar-refractivity contribution in [1.82, 2.24) is 14.8 Å². The van der Waals surface area contributed by atoms with Gasteiger partial charge in [-0.2, -0.15) is 0 Å². The number of carbonyl (C=O) groups is 2. The van der Waals surface area contributed by atoms with E-state index in [1.54, 1.807) is 20.8 Å². The maximum Gasteiger partial charge on any atom is 0.410 e. The van der Waals surface area contributed by atoms with Crippen molar-refractivity contribution in [1.29, 1.82) is 0 Å². The summed E-state index contributed by atoms with van der Waals surface area (Å²) in [5, 5.41) is 9.19. The van der Waals surface area contributed by atoms with Gasteiger partial charge >= 0.3 is 6.09 Å². The molecule has 0 saturated carbocycles. The van der Waals surface area contributed by atoms with Crippen molar-refractivity contribution in [3.63, 3.8) is 0 Å². The Hall–Kier alpha value is -1.75. The molecule has 0 unspecified atom stereocenters. The van der Waals surface area contributed by atoms with Gasteiger partial charge in [0.15, 0.2) is 11.5 Å². The van der Waals surface area contributed by atoms with Crippen molar-refractivity contribution in [2.75, 3.05) is 26.2 Å². The lowest BCUT2D eigenvalue weighted by Gasteiger charge is -2.40. The van der Waals surface area contributed by atoms with Gasteiger partial charge in [0.1, 0.15) is 29.1 Å². The summed E-state index contributed by atoms with van der Waals surface area (Å²) >= 11 is 3.20. The molecule has 1 fully saturated rings. The molecule has 0 radical (unpaired) electrons. The van der Waals surface area contributed by atoms with Crippen molar-refractivity contribution < 1.29 is 28.6 Å². The van der Waals surface area contributed by atoms with Gasteiger partial charge in [0.2, 0.25) is 5.88 Å². The van der Waals surface area contributed by atoms with E-state index in [1.165, 1.54) is 9.80 Å². The summed E-state index contributed by atoms with van der Waals surface area (Å²) in [5.41, 5.74) is -1.06. The fourth-order valence-electron chi connectivity index (χ4n) is 2.87. The Labute approximate surface area is 186 Å². The maximum absolute atomic E-state index is 14.5. The number of amides is 2. The molecule has 1 aromatic heterocycles. The molecule has 13 heteroatoms. The van der Waals surface area contributed by atoms with Crippen LogP contribution in [0.3, 0.4) is 0 Å². The van der Waals surface area contributed by atoms with Crippen LogP contribution in [0.25, 0.3) is 0 Å². The summed E-state index contributed by atoms with van der Waals surface area (Å²) in [6.07, 6.45) is -0.526. The number of aromatic nitrogens is 1. The van der Waals surface area contributed by atoms with E-state index in [0.717, 1.165) is 6.07 Å². The quantitative estimate of drug-likeness (QED) is 0.548. The first kappa shape index (κ1) is 24.5. The van der Waals surface area contributed by atoms with E-state index in [1.807, 2.05) is 23.5 Å². The Kier molecular flexibility index (Phi) is 7.50. The summed E-state index contributed by atoms with van der Waals surface area (Å²) in [4.78, 5) is 32.2. The highest BCUT2D eigenvalue weighted by Gasteiger charge is 2.36. The zero-order valence-electron chi connectivity index (χ0n) is 18.2. The highest BCUT2D eigenvalue weighted by atomic mass is 79.9. The van der Waals surface area contributed by atoms with E-state index in [4.69, 9.17) is 9.47 Å². The molecule has 1 aliphatic rings. The summed E-state index contributed by atoms with van der Waals surface area (Å²) in [6, 6.07) is 0.419. The first-order valence-corrected chi connectivity index (χ1v) is 10.5. The number of hydrogen-bond donors (Lipinski definition) is 1. The zero-order chi connectivity index (χ0) is 22.9. The standard InChI is InChI=1S/C17H26B3BrFN3O5/c1-16(2,3)30-15(28)24-4-5-25(9(7-24)8-26)14(27)12-11(22)6-10(21)13(23-12)29-17(18,19)20/h6,9,26H,4-5,7-8,18-20H2,1-3H3/t9-/m1/s1. The minimum Gasteiger partial charge on any atom is -0.498 e. The normalized spacial score (nSPS) is 17.6. The molecule has 1 aromatic rings. The summed E-state index contributed by atoms with van der Waals surface area (Å²) < 4.78 is 25.9. The SMILES string of the molecule is BC(B)(B)Oc1nc(C(=O)N2CCN(C(=O)OC(C)(C)C)C[C@@H]2CO)c(F)cc1Br. The van der Waals surface area contributed by atoms with E-state index in [0.29, 0.717) is 4.47 Å². The molecule has 30 heavy (non-hydrogen) atoms. The van der Waals surface area contributed by atoms with Gasteiger partial charge < -0.3 is 24.4 Å². The van der Waals surface area contributed by atoms with E-state index in [-0.39, 0.29) is 25.5 Å². The average molecular weight is 484 g/mol. The lowest BCUT2D eigenvalue weighted by atomic mass is 9.52. The molecule has 1 saturated heterocycles. The Bertz CT molecular complexity index is 819. The molecule has 0 spiro atoms. The van der Waals surface area contributed by atoms with Crippen molar-refractivity contribution >= 4 is 51.5 Å². The van der Waals surface area contributed by atoms with Crippen LogP contribution in [-0.4, -0.2) is 98.6 Å². The molecule has 2 rings (SSSR count). The van der Waals surface area contributed by atoms with E-state index < -0.39 is 47.1 Å². The molecule has 0 aliphatic carbocycles. The van der Waals surface area contributed by atoms with E-state index in [9.17, 15) is 19.1 Å². The number of rotatable bonds is 4. The summed E-state index contributed by atoms with van der Waals surface area (Å²) in [6.45, 7) is 5.25. The molecule has 0 aromatic carbocycles. The fourth-order valence-corrected chi connectivity index (χ4v) is 3.24. The molecule has 8 nitrogen and oxygen atoms in total. The monoisotopic (exact) mass is 483 g/mol. The second-order valence-corrected chi connectivity index (χ2v) is 9.94. The molecule has 1 N–H and O–H groups in total. The third kappa shape index (κ3) is 6.37. The topological polar surface area (TPSA) is 92.2 Å². The number of ether oxygens (including phenoxy) is 2. The zero-order valence-corrected chi connectivity index (χ0v) is 19.7. The van der Waals surface area contributed by atoms with Crippen molar-refractivity contribution in [2.24, 2.45) is 0 Å². The van der Waals surface area contributed by atoms with Gasteiger partial charge in [-0.1, -0.05) is 0 Å². The molecular weight excluding hydrogens is 458 g/mol. The number of halogens is 2.